The summed E-state index contributed by atoms with van der Waals surface area (Å²) in [6, 6.07) is 11.4. The fourth-order valence-electron chi connectivity index (χ4n) is 2.43. The van der Waals surface area contributed by atoms with Crippen LogP contribution < -0.4 is 16.8 Å². The van der Waals surface area contributed by atoms with E-state index in [9.17, 15) is 14.4 Å². The van der Waals surface area contributed by atoms with Gasteiger partial charge in [0.15, 0.2) is 0 Å². The summed E-state index contributed by atoms with van der Waals surface area (Å²) in [6.07, 6.45) is 0. The Labute approximate surface area is 155 Å². The van der Waals surface area contributed by atoms with E-state index in [0.717, 1.165) is 5.56 Å². The van der Waals surface area contributed by atoms with Crippen molar-refractivity contribution in [3.05, 3.63) is 64.2 Å². The Morgan fingerprint density at radius 1 is 1.04 bits per heavy atom. The van der Waals surface area contributed by atoms with Crippen LogP contribution in [-0.2, 0) is 11.3 Å². The summed E-state index contributed by atoms with van der Waals surface area (Å²) in [7, 11) is 1.79. The van der Waals surface area contributed by atoms with Crippen LogP contribution in [0.3, 0.4) is 0 Å². The molecule has 7 nitrogen and oxygen atoms in total. The van der Waals surface area contributed by atoms with E-state index in [1.165, 1.54) is 18.2 Å². The maximum atomic E-state index is 12.2. The topological polar surface area (TPSA) is 119 Å². The van der Waals surface area contributed by atoms with Crippen molar-refractivity contribution in [2.75, 3.05) is 18.9 Å². The minimum atomic E-state index is -0.721. The molecule has 0 aromatic heterocycles. The Morgan fingerprint density at radius 2 is 1.65 bits per heavy atom. The second kappa shape index (κ2) is 8.46. The summed E-state index contributed by atoms with van der Waals surface area (Å²) in [5.74, 6) is -1.75. The Bertz CT molecular complexity index is 822. The number of anilines is 1. The molecule has 0 fully saturated rings. The fraction of sp³-hybridized carbons (Fsp3) is 0.167. The predicted octanol–water partition coefficient (Wildman–Crippen LogP) is 1.61. The van der Waals surface area contributed by atoms with E-state index in [-0.39, 0.29) is 29.3 Å². The van der Waals surface area contributed by atoms with Crippen molar-refractivity contribution in [2.45, 2.75) is 6.54 Å². The first kappa shape index (κ1) is 19.4. The van der Waals surface area contributed by atoms with Crippen molar-refractivity contribution in [2.24, 2.45) is 11.5 Å². The highest BCUT2D eigenvalue weighted by molar-refractivity contribution is 6.30. The number of hydrogen-bond donors (Lipinski definition) is 3. The SMILES string of the molecule is CN(CC(=O)Nc1cc(C(N)=O)cc(C(N)=O)c1)Cc1cccc(Cl)c1. The number of nitrogens with zero attached hydrogens (tertiary/aromatic N) is 1. The lowest BCUT2D eigenvalue weighted by atomic mass is 10.1. The van der Waals surface area contributed by atoms with E-state index in [2.05, 4.69) is 5.32 Å². The van der Waals surface area contributed by atoms with Crippen LogP contribution in [0.2, 0.25) is 5.02 Å². The number of nitrogens with one attached hydrogen (secondary N) is 1. The zero-order valence-electron chi connectivity index (χ0n) is 14.2. The molecule has 136 valence electrons. The number of likely N-dealkylation sites (N-methyl/N-ethyl adjacent to an activating group) is 1. The highest BCUT2D eigenvalue weighted by Gasteiger charge is 2.12. The number of benzene rings is 2. The largest absolute Gasteiger partial charge is 0.366 e. The smallest absolute Gasteiger partial charge is 0.248 e. The lowest BCUT2D eigenvalue weighted by Crippen LogP contribution is -2.30. The van der Waals surface area contributed by atoms with Crippen LogP contribution >= 0.6 is 11.6 Å². The standard InChI is InChI=1S/C18H19ClN4O3/c1-23(9-11-3-2-4-14(19)5-11)10-16(24)22-15-7-12(17(20)25)6-13(8-15)18(21)26/h2-8H,9-10H2,1H3,(H2,20,25)(H2,21,26)(H,22,24). The average Bonchev–Trinajstić information content (AvgIpc) is 2.53. The van der Waals surface area contributed by atoms with Crippen LogP contribution in [0.5, 0.6) is 0 Å². The number of rotatable bonds is 7. The first-order valence-electron chi connectivity index (χ1n) is 7.72. The second-order valence-electron chi connectivity index (χ2n) is 5.88. The predicted molar refractivity (Wildman–Crippen MR) is 99.9 cm³/mol. The van der Waals surface area contributed by atoms with Crippen LogP contribution in [-0.4, -0.2) is 36.2 Å². The minimum absolute atomic E-state index is 0.0869. The monoisotopic (exact) mass is 374 g/mol. The van der Waals surface area contributed by atoms with Gasteiger partial charge in [-0.25, -0.2) is 0 Å². The molecule has 3 amide bonds. The van der Waals surface area contributed by atoms with Gasteiger partial charge in [0.05, 0.1) is 6.54 Å². The third-order valence-electron chi connectivity index (χ3n) is 3.54. The maximum absolute atomic E-state index is 12.2. The van der Waals surface area contributed by atoms with Gasteiger partial charge in [0.1, 0.15) is 0 Å². The molecular weight excluding hydrogens is 356 g/mol. The molecule has 0 aliphatic heterocycles. The molecule has 0 spiro atoms. The average molecular weight is 375 g/mol. The summed E-state index contributed by atoms with van der Waals surface area (Å²) in [5, 5.41) is 3.27. The summed E-state index contributed by atoms with van der Waals surface area (Å²) >= 11 is 5.95. The van der Waals surface area contributed by atoms with Crippen molar-refractivity contribution < 1.29 is 14.4 Å². The van der Waals surface area contributed by atoms with E-state index < -0.39 is 11.8 Å². The lowest BCUT2D eigenvalue weighted by molar-refractivity contribution is -0.117. The summed E-state index contributed by atoms with van der Waals surface area (Å²) in [5.41, 5.74) is 11.9. The Hall–Kier alpha value is -2.90. The molecule has 8 heteroatoms. The van der Waals surface area contributed by atoms with Crippen molar-refractivity contribution in [3.63, 3.8) is 0 Å². The number of hydrogen-bond acceptors (Lipinski definition) is 4. The number of primary amides is 2. The molecule has 26 heavy (non-hydrogen) atoms. The molecule has 0 atom stereocenters. The molecule has 0 aliphatic rings. The van der Waals surface area contributed by atoms with Gasteiger partial charge >= 0.3 is 0 Å². The number of halogens is 1. The second-order valence-corrected chi connectivity index (χ2v) is 6.31. The van der Waals surface area contributed by atoms with Gasteiger partial charge < -0.3 is 16.8 Å². The summed E-state index contributed by atoms with van der Waals surface area (Å²) in [4.78, 5) is 36.8. The van der Waals surface area contributed by atoms with Gasteiger partial charge in [0, 0.05) is 28.4 Å². The van der Waals surface area contributed by atoms with Gasteiger partial charge in [-0.1, -0.05) is 23.7 Å². The highest BCUT2D eigenvalue weighted by atomic mass is 35.5. The molecule has 2 rings (SSSR count). The van der Waals surface area contributed by atoms with E-state index in [4.69, 9.17) is 23.1 Å². The van der Waals surface area contributed by atoms with Gasteiger partial charge in [0.2, 0.25) is 17.7 Å². The first-order chi connectivity index (χ1) is 12.2. The molecule has 5 N–H and O–H groups in total. The van der Waals surface area contributed by atoms with E-state index in [1.807, 2.05) is 18.2 Å². The Balaban J connectivity index is 2.04. The lowest BCUT2D eigenvalue weighted by Gasteiger charge is -2.17. The van der Waals surface area contributed by atoms with Gasteiger partial charge in [0.25, 0.3) is 0 Å². The molecule has 0 aliphatic carbocycles. The zero-order valence-corrected chi connectivity index (χ0v) is 14.9. The molecule has 0 saturated carbocycles. The number of carbonyl (C=O) groups is 3. The summed E-state index contributed by atoms with van der Waals surface area (Å²) in [6.45, 7) is 0.626. The third kappa shape index (κ3) is 5.58. The van der Waals surface area contributed by atoms with Crippen molar-refractivity contribution >= 4 is 35.0 Å². The maximum Gasteiger partial charge on any atom is 0.248 e. The van der Waals surface area contributed by atoms with Gasteiger partial charge in [-0.2, -0.15) is 0 Å². The summed E-state index contributed by atoms with van der Waals surface area (Å²) < 4.78 is 0. The molecular formula is C18H19ClN4O3. The molecule has 0 unspecified atom stereocenters. The van der Waals surface area contributed by atoms with Crippen molar-refractivity contribution in [1.82, 2.24) is 4.90 Å². The van der Waals surface area contributed by atoms with Crippen molar-refractivity contribution in [1.29, 1.82) is 0 Å². The normalized spacial score (nSPS) is 10.6. The molecule has 0 bridgehead atoms. The van der Waals surface area contributed by atoms with Crippen LogP contribution in [0, 0.1) is 0 Å². The Kier molecular flexibility index (Phi) is 6.32. The van der Waals surface area contributed by atoms with E-state index in [0.29, 0.717) is 11.6 Å². The number of carbonyl (C=O) groups excluding carboxylic acids is 3. The number of nitrogens with two attached hydrogens (primary N) is 2. The van der Waals surface area contributed by atoms with Crippen LogP contribution in [0.4, 0.5) is 5.69 Å². The quantitative estimate of drug-likeness (QED) is 0.682. The minimum Gasteiger partial charge on any atom is -0.366 e. The molecule has 2 aromatic rings. The molecule has 0 radical (unpaired) electrons. The van der Waals surface area contributed by atoms with Crippen LogP contribution in [0.25, 0.3) is 0 Å². The molecule has 0 saturated heterocycles. The van der Waals surface area contributed by atoms with E-state index in [1.54, 1.807) is 18.0 Å². The van der Waals surface area contributed by atoms with Gasteiger partial charge in [-0.05, 0) is 42.9 Å². The van der Waals surface area contributed by atoms with E-state index >= 15 is 0 Å². The van der Waals surface area contributed by atoms with Gasteiger partial charge in [-0.15, -0.1) is 0 Å². The highest BCUT2D eigenvalue weighted by Crippen LogP contribution is 2.15. The fourth-order valence-corrected chi connectivity index (χ4v) is 2.65. The Morgan fingerprint density at radius 3 is 2.19 bits per heavy atom. The van der Waals surface area contributed by atoms with Crippen LogP contribution in [0.15, 0.2) is 42.5 Å². The van der Waals surface area contributed by atoms with Crippen LogP contribution in [0.1, 0.15) is 26.3 Å². The first-order valence-corrected chi connectivity index (χ1v) is 8.10. The number of amides is 3. The molecule has 2 aromatic carbocycles. The molecule has 0 heterocycles. The van der Waals surface area contributed by atoms with Gasteiger partial charge in [-0.3, -0.25) is 19.3 Å². The van der Waals surface area contributed by atoms with Crippen molar-refractivity contribution in [3.8, 4) is 0 Å². The zero-order chi connectivity index (χ0) is 19.3. The third-order valence-corrected chi connectivity index (χ3v) is 3.78.